The number of rotatable bonds is 54. The molecule has 0 heterocycles. The van der Waals surface area contributed by atoms with E-state index in [1.807, 2.05) is 91.0 Å². The van der Waals surface area contributed by atoms with Gasteiger partial charge in [0.1, 0.15) is 35.6 Å². The molecule has 3 rings (SSSR count). The minimum Gasteiger partial charge on any atom is -0.488 e. The van der Waals surface area contributed by atoms with Crippen LogP contribution in [-0.4, -0.2) is 122 Å². The second kappa shape index (κ2) is 48.4. The van der Waals surface area contributed by atoms with Crippen molar-refractivity contribution >= 4 is 0 Å². The molecule has 0 spiro atoms. The largest absolute Gasteiger partial charge is 0.488 e. The third-order valence-corrected chi connectivity index (χ3v) is 13.2. The van der Waals surface area contributed by atoms with E-state index >= 15 is 0 Å². The summed E-state index contributed by atoms with van der Waals surface area (Å²) in [5.74, 6) is 2.70. The molecule has 3 aromatic rings. The SMILES string of the molecule is CCCCCCCCCC(COCCOCCN(CCOCCOCC(CCCCCCCCC)Oc1ccccc1)CCOCCOCC(CCCCCCCCC)Oc1ccccc1)Oc1ccccc1. The molecule has 0 N–H and O–H groups in total. The van der Waals surface area contributed by atoms with Crippen LogP contribution in [0.15, 0.2) is 91.0 Å². The van der Waals surface area contributed by atoms with Crippen molar-refractivity contribution in [3.8, 4) is 17.2 Å². The first kappa shape index (κ1) is 64.1. The molecule has 3 unspecified atom stereocenters. The smallest absolute Gasteiger partial charge is 0.122 e. The average Bonchev–Trinajstić information content (AvgIpc) is 3.41. The molecule has 0 saturated carbocycles. The van der Waals surface area contributed by atoms with Gasteiger partial charge in [-0.15, -0.1) is 0 Å². The van der Waals surface area contributed by atoms with E-state index < -0.39 is 0 Å². The van der Waals surface area contributed by atoms with E-state index in [-0.39, 0.29) is 18.3 Å². The van der Waals surface area contributed by atoms with Crippen molar-refractivity contribution in [3.05, 3.63) is 91.0 Å². The van der Waals surface area contributed by atoms with Crippen molar-refractivity contribution in [1.82, 2.24) is 4.90 Å². The normalized spacial score (nSPS) is 12.8. The molecule has 10 heteroatoms. The van der Waals surface area contributed by atoms with E-state index in [1.54, 1.807) is 0 Å². The molecule has 0 fully saturated rings. The zero-order chi connectivity index (χ0) is 51.6. The first-order chi connectivity index (χ1) is 36.2. The Bertz CT molecular complexity index is 1370. The summed E-state index contributed by atoms with van der Waals surface area (Å²) in [4.78, 5) is 2.35. The maximum absolute atomic E-state index is 6.36. The number of para-hydroxylation sites is 3. The lowest BCUT2D eigenvalue weighted by Crippen LogP contribution is -2.34. The highest BCUT2D eigenvalue weighted by molar-refractivity contribution is 5.22. The lowest BCUT2D eigenvalue weighted by molar-refractivity contribution is -0.0105. The molecule has 0 aliphatic heterocycles. The van der Waals surface area contributed by atoms with Crippen LogP contribution in [-0.2, 0) is 28.4 Å². The maximum atomic E-state index is 6.36. The zero-order valence-electron chi connectivity index (χ0n) is 46.6. The molecule has 0 amide bonds. The second-order valence-corrected chi connectivity index (χ2v) is 19.8. The van der Waals surface area contributed by atoms with Crippen LogP contribution in [0.1, 0.15) is 175 Å². The van der Waals surface area contributed by atoms with E-state index in [0.29, 0.717) is 79.3 Å². The molecular formula is C63H105NO9. The van der Waals surface area contributed by atoms with Gasteiger partial charge in [-0.3, -0.25) is 4.90 Å². The molecule has 0 radical (unpaired) electrons. The number of hydrogen-bond donors (Lipinski definition) is 0. The number of ether oxygens (including phenoxy) is 9. The van der Waals surface area contributed by atoms with Gasteiger partial charge in [0.25, 0.3) is 0 Å². The molecule has 73 heavy (non-hydrogen) atoms. The van der Waals surface area contributed by atoms with Gasteiger partial charge >= 0.3 is 0 Å². The summed E-state index contributed by atoms with van der Waals surface area (Å²) in [5, 5.41) is 0. The van der Waals surface area contributed by atoms with Crippen molar-refractivity contribution in [3.63, 3.8) is 0 Å². The Kier molecular flexibility index (Phi) is 42.5. The number of benzene rings is 3. The third-order valence-electron chi connectivity index (χ3n) is 13.2. The van der Waals surface area contributed by atoms with Gasteiger partial charge in [-0.2, -0.15) is 0 Å². The van der Waals surface area contributed by atoms with Crippen molar-refractivity contribution < 1.29 is 42.6 Å². The Labute approximate surface area is 446 Å². The Morgan fingerprint density at radius 1 is 0.288 bits per heavy atom. The van der Waals surface area contributed by atoms with Crippen LogP contribution in [0.4, 0.5) is 0 Å². The topological polar surface area (TPSA) is 86.3 Å². The van der Waals surface area contributed by atoms with Crippen LogP contribution in [0.3, 0.4) is 0 Å². The van der Waals surface area contributed by atoms with Gasteiger partial charge < -0.3 is 42.6 Å². The molecule has 0 saturated heterocycles. The molecule has 10 nitrogen and oxygen atoms in total. The van der Waals surface area contributed by atoms with Crippen LogP contribution >= 0.6 is 0 Å². The fraction of sp³-hybridized carbons (Fsp3) is 0.714. The predicted octanol–water partition coefficient (Wildman–Crippen LogP) is 15.2. The van der Waals surface area contributed by atoms with Crippen molar-refractivity contribution in [1.29, 1.82) is 0 Å². The monoisotopic (exact) mass is 1020 g/mol. The predicted molar refractivity (Wildman–Crippen MR) is 302 cm³/mol. The molecule has 3 atom stereocenters. The Morgan fingerprint density at radius 3 is 0.808 bits per heavy atom. The second-order valence-electron chi connectivity index (χ2n) is 19.8. The number of unbranched alkanes of at least 4 members (excludes halogenated alkanes) is 18. The van der Waals surface area contributed by atoms with E-state index in [2.05, 4.69) is 25.7 Å². The zero-order valence-corrected chi connectivity index (χ0v) is 46.6. The summed E-state index contributed by atoms with van der Waals surface area (Å²) in [5.41, 5.74) is 0. The quantitative estimate of drug-likeness (QED) is 0.0510. The Balaban J connectivity index is 1.41. The van der Waals surface area contributed by atoms with Gasteiger partial charge in [0.15, 0.2) is 0 Å². The van der Waals surface area contributed by atoms with Crippen LogP contribution < -0.4 is 14.2 Å². The lowest BCUT2D eigenvalue weighted by Gasteiger charge is -2.23. The van der Waals surface area contributed by atoms with Crippen molar-refractivity contribution in [2.75, 3.05) is 98.9 Å². The minimum atomic E-state index is 0.0299. The highest BCUT2D eigenvalue weighted by Gasteiger charge is 2.15. The van der Waals surface area contributed by atoms with Crippen LogP contribution in [0.5, 0.6) is 17.2 Å². The standard InChI is InChI=1S/C63H105NO9/c1-4-7-10-13-16-19-25-40-61(71-58-34-28-22-29-35-58)55-68-52-49-65-46-43-64(44-47-66-50-53-69-56-62(72-59-36-30-23-31-37-59)41-26-20-17-14-11-8-5-2)45-48-67-51-54-70-57-63(73-60-38-32-24-33-39-60)42-27-21-18-15-12-9-6-3/h22-24,28-39,61-63H,4-21,25-27,40-57H2,1-3H3. The first-order valence-electron chi connectivity index (χ1n) is 29.5. The molecule has 0 aliphatic carbocycles. The van der Waals surface area contributed by atoms with Gasteiger partial charge in [0.2, 0.25) is 0 Å². The van der Waals surface area contributed by atoms with E-state index in [1.165, 1.54) is 116 Å². The van der Waals surface area contributed by atoms with Crippen molar-refractivity contribution in [2.24, 2.45) is 0 Å². The summed E-state index contributed by atoms with van der Waals surface area (Å²) < 4.78 is 55.8. The molecular weight excluding hydrogens is 915 g/mol. The molecule has 0 aromatic heterocycles. The summed E-state index contributed by atoms with van der Waals surface area (Å²) in [6.45, 7) is 15.8. The number of hydrogen-bond acceptors (Lipinski definition) is 10. The van der Waals surface area contributed by atoms with E-state index in [9.17, 15) is 0 Å². The van der Waals surface area contributed by atoms with E-state index in [0.717, 1.165) is 75.4 Å². The van der Waals surface area contributed by atoms with Gasteiger partial charge in [-0.1, -0.05) is 191 Å². The Hall–Kier alpha value is -3.22. The number of nitrogens with zero attached hydrogens (tertiary/aromatic N) is 1. The first-order valence-corrected chi connectivity index (χ1v) is 29.5. The summed E-state index contributed by atoms with van der Waals surface area (Å²) in [6, 6.07) is 30.4. The maximum Gasteiger partial charge on any atom is 0.122 e. The van der Waals surface area contributed by atoms with Gasteiger partial charge in [0, 0.05) is 19.6 Å². The van der Waals surface area contributed by atoms with Crippen LogP contribution in [0, 0.1) is 0 Å². The van der Waals surface area contributed by atoms with E-state index in [4.69, 9.17) is 42.6 Å². The van der Waals surface area contributed by atoms with Gasteiger partial charge in [0.05, 0.1) is 79.3 Å². The molecule has 416 valence electrons. The average molecular weight is 1020 g/mol. The van der Waals surface area contributed by atoms with Crippen LogP contribution in [0.25, 0.3) is 0 Å². The fourth-order valence-corrected chi connectivity index (χ4v) is 8.81. The Morgan fingerprint density at radius 2 is 0.534 bits per heavy atom. The van der Waals surface area contributed by atoms with Gasteiger partial charge in [-0.25, -0.2) is 0 Å². The molecule has 0 bridgehead atoms. The third kappa shape index (κ3) is 38.1. The molecule has 3 aromatic carbocycles. The van der Waals surface area contributed by atoms with Crippen molar-refractivity contribution in [2.45, 2.75) is 193 Å². The lowest BCUT2D eigenvalue weighted by atomic mass is 10.1. The molecule has 0 aliphatic rings. The van der Waals surface area contributed by atoms with Gasteiger partial charge in [-0.05, 0) is 74.9 Å². The summed E-state index contributed by atoms with van der Waals surface area (Å²) in [6.07, 6.45) is 30.0. The summed E-state index contributed by atoms with van der Waals surface area (Å²) in [7, 11) is 0. The fourth-order valence-electron chi connectivity index (χ4n) is 8.81. The van der Waals surface area contributed by atoms with Crippen LogP contribution in [0.2, 0.25) is 0 Å². The summed E-state index contributed by atoms with van der Waals surface area (Å²) >= 11 is 0. The highest BCUT2D eigenvalue weighted by atomic mass is 16.6. The minimum absolute atomic E-state index is 0.0299. The highest BCUT2D eigenvalue weighted by Crippen LogP contribution is 2.20.